The van der Waals surface area contributed by atoms with E-state index in [0.717, 1.165) is 4.88 Å². The van der Waals surface area contributed by atoms with E-state index in [1.165, 1.54) is 18.4 Å². The molecule has 0 bridgehead atoms. The lowest BCUT2D eigenvalue weighted by Gasteiger charge is -1.97. The third-order valence-corrected chi connectivity index (χ3v) is 2.89. The van der Waals surface area contributed by atoms with E-state index in [1.807, 2.05) is 0 Å². The van der Waals surface area contributed by atoms with Gasteiger partial charge in [-0.2, -0.15) is 0 Å². The molecule has 0 aliphatic carbocycles. The van der Waals surface area contributed by atoms with Crippen LogP contribution in [0.1, 0.15) is 27.5 Å². The maximum absolute atomic E-state index is 11.1. The fourth-order valence-corrected chi connectivity index (χ4v) is 1.83. The monoisotopic (exact) mass is 211 g/mol. The predicted molar refractivity (Wildman–Crippen MR) is 53.2 cm³/mol. The first kappa shape index (κ1) is 10.6. The van der Waals surface area contributed by atoms with Crippen molar-refractivity contribution in [3.05, 3.63) is 32.3 Å². The second-order valence-corrected chi connectivity index (χ2v) is 3.69. The molecule has 0 saturated carbocycles. The standard InChI is InChI=1S/C8H9N3O2S/c1-5(10-11-9)6-3-4-7(14-6)8(12)13-2/h3-5H,1-2H3. The Morgan fingerprint density at radius 2 is 2.43 bits per heavy atom. The Morgan fingerprint density at radius 3 is 3.00 bits per heavy atom. The minimum absolute atomic E-state index is 0.247. The quantitative estimate of drug-likeness (QED) is 0.333. The lowest BCUT2D eigenvalue weighted by molar-refractivity contribution is 0.0606. The van der Waals surface area contributed by atoms with Gasteiger partial charge < -0.3 is 4.74 Å². The van der Waals surface area contributed by atoms with Crippen molar-refractivity contribution < 1.29 is 9.53 Å². The zero-order valence-electron chi connectivity index (χ0n) is 7.80. The maximum atomic E-state index is 11.1. The minimum atomic E-state index is -0.366. The van der Waals surface area contributed by atoms with Gasteiger partial charge in [-0.1, -0.05) is 12.0 Å². The SMILES string of the molecule is COC(=O)c1ccc(C(C)N=[N+]=[N-])s1. The zero-order valence-corrected chi connectivity index (χ0v) is 8.61. The van der Waals surface area contributed by atoms with Crippen molar-refractivity contribution in [1.82, 2.24) is 0 Å². The predicted octanol–water partition coefficient (Wildman–Crippen LogP) is 2.91. The summed E-state index contributed by atoms with van der Waals surface area (Å²) in [5, 5.41) is 3.53. The van der Waals surface area contributed by atoms with Crippen LogP contribution in [0.2, 0.25) is 0 Å². The average Bonchev–Trinajstić information content (AvgIpc) is 2.66. The van der Waals surface area contributed by atoms with E-state index < -0.39 is 0 Å². The Hall–Kier alpha value is -1.52. The summed E-state index contributed by atoms with van der Waals surface area (Å²) in [5.41, 5.74) is 8.23. The van der Waals surface area contributed by atoms with Gasteiger partial charge in [-0.25, -0.2) is 4.79 Å². The summed E-state index contributed by atoms with van der Waals surface area (Å²) in [7, 11) is 1.33. The van der Waals surface area contributed by atoms with Crippen LogP contribution in [0.4, 0.5) is 0 Å². The van der Waals surface area contributed by atoms with Gasteiger partial charge >= 0.3 is 5.97 Å². The molecule has 0 amide bonds. The van der Waals surface area contributed by atoms with E-state index in [2.05, 4.69) is 14.8 Å². The third-order valence-electron chi connectivity index (χ3n) is 1.65. The largest absolute Gasteiger partial charge is 0.465 e. The van der Waals surface area contributed by atoms with E-state index in [4.69, 9.17) is 5.53 Å². The van der Waals surface area contributed by atoms with Crippen LogP contribution in [0.3, 0.4) is 0 Å². The van der Waals surface area contributed by atoms with Gasteiger partial charge in [0.05, 0.1) is 13.2 Å². The first-order valence-electron chi connectivity index (χ1n) is 3.91. The number of thiophene rings is 1. The van der Waals surface area contributed by atoms with Crippen molar-refractivity contribution in [1.29, 1.82) is 0 Å². The Labute approximate surface area is 84.9 Å². The lowest BCUT2D eigenvalue weighted by atomic mass is 10.3. The smallest absolute Gasteiger partial charge is 0.348 e. The first-order valence-corrected chi connectivity index (χ1v) is 4.73. The van der Waals surface area contributed by atoms with Crippen LogP contribution < -0.4 is 0 Å². The van der Waals surface area contributed by atoms with Gasteiger partial charge in [-0.15, -0.1) is 11.3 Å². The number of hydrogen-bond donors (Lipinski definition) is 0. The molecule has 0 radical (unpaired) electrons. The average molecular weight is 211 g/mol. The molecule has 1 aromatic rings. The Bertz CT molecular complexity index is 382. The molecule has 0 aliphatic heterocycles. The number of azide groups is 1. The van der Waals surface area contributed by atoms with Crippen molar-refractivity contribution >= 4 is 17.3 Å². The second kappa shape index (κ2) is 4.64. The van der Waals surface area contributed by atoms with Crippen LogP contribution in [-0.2, 0) is 4.74 Å². The Kier molecular flexibility index (Phi) is 3.50. The van der Waals surface area contributed by atoms with Gasteiger partial charge in [0.15, 0.2) is 0 Å². The number of ether oxygens (including phenoxy) is 1. The van der Waals surface area contributed by atoms with Crippen molar-refractivity contribution in [3.8, 4) is 0 Å². The number of rotatable bonds is 3. The number of nitrogens with zero attached hydrogens (tertiary/aromatic N) is 3. The molecular formula is C8H9N3O2S. The van der Waals surface area contributed by atoms with Gasteiger partial charge in [0.25, 0.3) is 0 Å². The number of esters is 1. The molecule has 1 unspecified atom stereocenters. The van der Waals surface area contributed by atoms with E-state index in [-0.39, 0.29) is 12.0 Å². The molecule has 0 aromatic carbocycles. The summed E-state index contributed by atoms with van der Waals surface area (Å²) in [6.45, 7) is 1.77. The molecule has 14 heavy (non-hydrogen) atoms. The molecule has 1 rings (SSSR count). The summed E-state index contributed by atoms with van der Waals surface area (Å²) < 4.78 is 4.56. The van der Waals surface area contributed by atoms with Gasteiger partial charge in [0.1, 0.15) is 4.88 Å². The van der Waals surface area contributed by atoms with Crippen molar-refractivity contribution in [2.75, 3.05) is 7.11 Å². The molecule has 0 saturated heterocycles. The highest BCUT2D eigenvalue weighted by Crippen LogP contribution is 2.26. The summed E-state index contributed by atoms with van der Waals surface area (Å²) in [6, 6.07) is 3.18. The van der Waals surface area contributed by atoms with Gasteiger partial charge in [-0.05, 0) is 17.7 Å². The van der Waals surface area contributed by atoms with Crippen molar-refractivity contribution in [3.63, 3.8) is 0 Å². The molecule has 1 atom stereocenters. The molecule has 74 valence electrons. The maximum Gasteiger partial charge on any atom is 0.348 e. The summed E-state index contributed by atoms with van der Waals surface area (Å²) in [5.74, 6) is -0.366. The summed E-state index contributed by atoms with van der Waals surface area (Å²) in [4.78, 5) is 15.2. The molecule has 0 N–H and O–H groups in total. The zero-order chi connectivity index (χ0) is 10.6. The fourth-order valence-electron chi connectivity index (χ4n) is 0.922. The number of hydrogen-bond acceptors (Lipinski definition) is 4. The van der Waals surface area contributed by atoms with Gasteiger partial charge in [0, 0.05) is 9.79 Å². The molecule has 5 nitrogen and oxygen atoms in total. The number of carbonyl (C=O) groups excluding carboxylic acids is 1. The van der Waals surface area contributed by atoms with E-state index in [9.17, 15) is 4.79 Å². The van der Waals surface area contributed by atoms with Crippen LogP contribution in [0.5, 0.6) is 0 Å². The van der Waals surface area contributed by atoms with Crippen molar-refractivity contribution in [2.45, 2.75) is 13.0 Å². The van der Waals surface area contributed by atoms with Crippen LogP contribution in [0.25, 0.3) is 10.4 Å². The molecule has 1 aromatic heterocycles. The van der Waals surface area contributed by atoms with Crippen LogP contribution >= 0.6 is 11.3 Å². The Balaban J connectivity index is 2.87. The number of methoxy groups -OCH3 is 1. The molecule has 0 spiro atoms. The van der Waals surface area contributed by atoms with Gasteiger partial charge in [0.2, 0.25) is 0 Å². The Morgan fingerprint density at radius 1 is 1.71 bits per heavy atom. The van der Waals surface area contributed by atoms with Crippen molar-refractivity contribution in [2.24, 2.45) is 5.11 Å². The highest BCUT2D eigenvalue weighted by molar-refractivity contribution is 7.14. The normalized spacial score (nSPS) is 11.6. The van der Waals surface area contributed by atoms with Crippen LogP contribution in [0, 0.1) is 0 Å². The summed E-state index contributed by atoms with van der Waals surface area (Å²) in [6.07, 6.45) is 0. The summed E-state index contributed by atoms with van der Waals surface area (Å²) >= 11 is 1.27. The molecule has 6 heteroatoms. The van der Waals surface area contributed by atoms with Gasteiger partial charge in [-0.3, -0.25) is 0 Å². The molecule has 0 aliphatic rings. The highest BCUT2D eigenvalue weighted by atomic mass is 32.1. The topological polar surface area (TPSA) is 75.1 Å². The lowest BCUT2D eigenvalue weighted by Crippen LogP contribution is -1.96. The number of carbonyl (C=O) groups is 1. The fraction of sp³-hybridized carbons (Fsp3) is 0.375. The third kappa shape index (κ3) is 2.25. The minimum Gasteiger partial charge on any atom is -0.465 e. The first-order chi connectivity index (χ1) is 6.69. The van der Waals surface area contributed by atoms with Crippen LogP contribution in [0.15, 0.2) is 17.2 Å². The van der Waals surface area contributed by atoms with E-state index >= 15 is 0 Å². The molecular weight excluding hydrogens is 202 g/mol. The highest BCUT2D eigenvalue weighted by Gasteiger charge is 2.11. The van der Waals surface area contributed by atoms with E-state index in [1.54, 1.807) is 19.1 Å². The second-order valence-electron chi connectivity index (χ2n) is 2.57. The van der Waals surface area contributed by atoms with Crippen LogP contribution in [-0.4, -0.2) is 13.1 Å². The van der Waals surface area contributed by atoms with E-state index in [0.29, 0.717) is 4.88 Å². The molecule has 1 heterocycles. The molecule has 0 fully saturated rings.